The fourth-order valence-electron chi connectivity index (χ4n) is 5.56. The number of fused-ring (bicyclic) bond motifs is 1. The Kier molecular flexibility index (Phi) is 8.61. The van der Waals surface area contributed by atoms with E-state index in [0.29, 0.717) is 48.8 Å². The van der Waals surface area contributed by atoms with Crippen LogP contribution in [0.2, 0.25) is 0 Å². The molecule has 0 aromatic carbocycles. The summed E-state index contributed by atoms with van der Waals surface area (Å²) in [7, 11) is 1.35. The molecule has 1 amide bonds. The van der Waals surface area contributed by atoms with Crippen LogP contribution in [0.1, 0.15) is 46.0 Å². The molecule has 1 aliphatic carbocycles. The Bertz CT molecular complexity index is 662. The van der Waals surface area contributed by atoms with Gasteiger partial charge >= 0.3 is 18.0 Å². The van der Waals surface area contributed by atoms with Crippen molar-refractivity contribution in [1.82, 2.24) is 9.80 Å². The highest BCUT2D eigenvalue weighted by molar-refractivity contribution is 9.09. The largest absolute Gasteiger partial charge is 0.465 e. The molecule has 8 nitrogen and oxygen atoms in total. The number of hydrogen-bond acceptors (Lipinski definition) is 7. The van der Waals surface area contributed by atoms with Crippen molar-refractivity contribution in [3.8, 4) is 0 Å². The first-order valence-electron chi connectivity index (χ1n) is 11.4. The van der Waals surface area contributed by atoms with Gasteiger partial charge < -0.3 is 14.2 Å². The Morgan fingerprint density at radius 2 is 1.58 bits per heavy atom. The van der Waals surface area contributed by atoms with Crippen LogP contribution < -0.4 is 0 Å². The maximum atomic E-state index is 12.5. The third-order valence-corrected chi connectivity index (χ3v) is 7.62. The van der Waals surface area contributed by atoms with Crippen LogP contribution in [0.3, 0.4) is 0 Å². The van der Waals surface area contributed by atoms with Crippen LogP contribution in [0, 0.1) is 17.8 Å². The van der Waals surface area contributed by atoms with Gasteiger partial charge in [0, 0.05) is 24.5 Å². The number of ether oxygens (including phenoxy) is 3. The number of esters is 2. The predicted molar refractivity (Wildman–Crippen MR) is 118 cm³/mol. The van der Waals surface area contributed by atoms with E-state index in [0.717, 1.165) is 38.8 Å². The van der Waals surface area contributed by atoms with Gasteiger partial charge in [-0.05, 0) is 63.7 Å². The Labute approximate surface area is 193 Å². The summed E-state index contributed by atoms with van der Waals surface area (Å²) < 4.78 is 15.5. The van der Waals surface area contributed by atoms with Crippen molar-refractivity contribution in [2.75, 3.05) is 40.0 Å². The topological polar surface area (TPSA) is 85.4 Å². The molecule has 3 fully saturated rings. The Morgan fingerprint density at radius 3 is 2.23 bits per heavy atom. The lowest BCUT2D eigenvalue weighted by molar-refractivity contribution is -0.153. The second-order valence-electron chi connectivity index (χ2n) is 8.88. The molecule has 3 aliphatic rings. The normalized spacial score (nSPS) is 33.5. The third kappa shape index (κ3) is 5.72. The highest BCUT2D eigenvalue weighted by atomic mass is 79.9. The quantitative estimate of drug-likeness (QED) is 0.313. The van der Waals surface area contributed by atoms with Crippen LogP contribution in [-0.4, -0.2) is 84.7 Å². The summed E-state index contributed by atoms with van der Waals surface area (Å²) >= 11 is 3.67. The smallest absolute Gasteiger partial charge is 0.410 e. The third-order valence-electron chi connectivity index (χ3n) is 6.95. The summed E-state index contributed by atoms with van der Waals surface area (Å²) in [6.07, 6.45) is 3.98. The maximum Gasteiger partial charge on any atom is 0.410 e. The first-order valence-corrected chi connectivity index (χ1v) is 12.3. The zero-order valence-corrected chi connectivity index (χ0v) is 20.3. The van der Waals surface area contributed by atoms with E-state index in [1.807, 2.05) is 6.92 Å². The van der Waals surface area contributed by atoms with Crippen molar-refractivity contribution >= 4 is 34.0 Å². The van der Waals surface area contributed by atoms with Gasteiger partial charge in [-0.25, -0.2) is 9.59 Å². The zero-order chi connectivity index (χ0) is 22.5. The van der Waals surface area contributed by atoms with Gasteiger partial charge in [0.05, 0.1) is 20.3 Å². The minimum atomic E-state index is -0.585. The lowest BCUT2D eigenvalue weighted by Gasteiger charge is -2.46. The number of amides is 1. The first kappa shape index (κ1) is 24.3. The Morgan fingerprint density at radius 1 is 0.903 bits per heavy atom. The SMILES string of the molecule is CCOC(=O)C1CC(Br)CN1CC1CCC2CN(C(=O)OC)C(C(=O)OCC)CC2C1. The number of carbonyl (C=O) groups excluding carboxylic acids is 3. The number of hydrogen-bond donors (Lipinski definition) is 0. The molecule has 2 saturated heterocycles. The van der Waals surface area contributed by atoms with Crippen LogP contribution in [0.4, 0.5) is 4.79 Å². The summed E-state index contributed by atoms with van der Waals surface area (Å²) in [6, 6.07) is -0.770. The number of likely N-dealkylation sites (tertiary alicyclic amines) is 2. The second kappa shape index (κ2) is 11.0. The van der Waals surface area contributed by atoms with Crippen molar-refractivity contribution in [2.24, 2.45) is 17.8 Å². The maximum absolute atomic E-state index is 12.5. The van der Waals surface area contributed by atoms with Crippen LogP contribution >= 0.6 is 15.9 Å². The Balaban J connectivity index is 1.64. The van der Waals surface area contributed by atoms with E-state index in [1.54, 1.807) is 11.8 Å². The van der Waals surface area contributed by atoms with Gasteiger partial charge in [0.25, 0.3) is 0 Å². The molecule has 6 atom stereocenters. The number of piperidine rings is 1. The van der Waals surface area contributed by atoms with Crippen LogP contribution in [0.5, 0.6) is 0 Å². The Hall–Kier alpha value is -1.35. The van der Waals surface area contributed by atoms with Gasteiger partial charge in [-0.15, -0.1) is 0 Å². The van der Waals surface area contributed by atoms with Gasteiger partial charge in [-0.1, -0.05) is 15.9 Å². The fraction of sp³-hybridized carbons (Fsp3) is 0.864. The minimum absolute atomic E-state index is 0.133. The highest BCUT2D eigenvalue weighted by Gasteiger charge is 2.46. The van der Waals surface area contributed by atoms with Crippen molar-refractivity contribution in [3.05, 3.63) is 0 Å². The lowest BCUT2D eigenvalue weighted by Crippen LogP contribution is -2.55. The van der Waals surface area contributed by atoms with Crippen molar-refractivity contribution in [1.29, 1.82) is 0 Å². The monoisotopic (exact) mass is 502 g/mol. The number of alkyl halides is 1. The van der Waals surface area contributed by atoms with Gasteiger partial charge in [0.2, 0.25) is 0 Å². The number of carbonyl (C=O) groups is 3. The number of rotatable bonds is 6. The molecule has 0 aromatic heterocycles. The molecule has 0 bridgehead atoms. The zero-order valence-electron chi connectivity index (χ0n) is 18.8. The van der Waals surface area contributed by atoms with Crippen molar-refractivity contribution < 1.29 is 28.6 Å². The van der Waals surface area contributed by atoms with Crippen LogP contribution in [0.15, 0.2) is 0 Å². The van der Waals surface area contributed by atoms with Crippen LogP contribution in [0.25, 0.3) is 0 Å². The fourth-order valence-corrected chi connectivity index (χ4v) is 6.28. The molecule has 6 unspecified atom stereocenters. The van der Waals surface area contributed by atoms with Gasteiger partial charge in [-0.3, -0.25) is 14.6 Å². The first-order chi connectivity index (χ1) is 14.9. The molecule has 0 aromatic rings. The van der Waals surface area contributed by atoms with Crippen LogP contribution in [-0.2, 0) is 23.8 Å². The van der Waals surface area contributed by atoms with E-state index >= 15 is 0 Å². The van der Waals surface area contributed by atoms with E-state index in [1.165, 1.54) is 7.11 Å². The molecule has 2 aliphatic heterocycles. The summed E-state index contributed by atoms with van der Waals surface area (Å²) in [5, 5.41) is 0. The molecule has 1 saturated carbocycles. The minimum Gasteiger partial charge on any atom is -0.465 e. The summed E-state index contributed by atoms with van der Waals surface area (Å²) in [5.74, 6) is 0.703. The van der Waals surface area contributed by atoms with E-state index in [2.05, 4.69) is 20.8 Å². The van der Waals surface area contributed by atoms with E-state index in [9.17, 15) is 14.4 Å². The molecular weight excluding hydrogens is 468 g/mol. The van der Waals surface area contributed by atoms with Gasteiger partial charge in [0.1, 0.15) is 12.1 Å². The van der Waals surface area contributed by atoms with E-state index in [4.69, 9.17) is 14.2 Å². The molecule has 31 heavy (non-hydrogen) atoms. The van der Waals surface area contributed by atoms with Gasteiger partial charge in [0.15, 0.2) is 0 Å². The molecule has 2 heterocycles. The molecule has 0 radical (unpaired) electrons. The number of methoxy groups -OCH3 is 1. The van der Waals surface area contributed by atoms with Crippen molar-refractivity contribution in [2.45, 2.75) is 62.9 Å². The standard InChI is InChI=1S/C22H35BrN2O6/c1-4-30-20(26)18-10-17(23)13-24(18)11-14-6-7-15-12-25(22(28)29-3)19(9-16(15)8-14)21(27)31-5-2/h14-19H,4-13H2,1-3H3. The summed E-state index contributed by atoms with van der Waals surface area (Å²) in [4.78, 5) is 41.3. The number of halogens is 1. The average Bonchev–Trinajstić information content (AvgIpc) is 3.12. The molecule has 9 heteroatoms. The van der Waals surface area contributed by atoms with Gasteiger partial charge in [-0.2, -0.15) is 0 Å². The molecule has 3 rings (SSSR count). The number of nitrogens with zero attached hydrogens (tertiary/aromatic N) is 2. The molecule has 176 valence electrons. The summed E-state index contributed by atoms with van der Waals surface area (Å²) in [5.41, 5.74) is 0. The molecule has 0 N–H and O–H groups in total. The molecular formula is C22H35BrN2O6. The molecule has 0 spiro atoms. The predicted octanol–water partition coefficient (Wildman–Crippen LogP) is 2.82. The van der Waals surface area contributed by atoms with E-state index in [-0.39, 0.29) is 18.0 Å². The average molecular weight is 503 g/mol. The second-order valence-corrected chi connectivity index (χ2v) is 10.2. The van der Waals surface area contributed by atoms with E-state index < -0.39 is 12.1 Å². The lowest BCUT2D eigenvalue weighted by atomic mass is 9.69. The van der Waals surface area contributed by atoms with Crippen molar-refractivity contribution in [3.63, 3.8) is 0 Å². The highest BCUT2D eigenvalue weighted by Crippen LogP contribution is 2.42. The summed E-state index contributed by atoms with van der Waals surface area (Å²) in [6.45, 7) is 6.54.